The smallest absolute Gasteiger partial charge is 0.475 e. The first kappa shape index (κ1) is 31.3. The van der Waals surface area contributed by atoms with Crippen molar-refractivity contribution in [3.63, 3.8) is 0 Å². The molecule has 0 saturated carbocycles. The first-order chi connectivity index (χ1) is 17.7. The fraction of sp³-hybridized carbons (Fsp3) is 0.625. The fourth-order valence-corrected chi connectivity index (χ4v) is 4.65. The second-order valence-electron chi connectivity index (χ2n) is 9.25. The van der Waals surface area contributed by atoms with E-state index in [2.05, 4.69) is 21.9 Å². The molecule has 212 valence electrons. The predicted molar refractivity (Wildman–Crippen MR) is 121 cm³/mol. The van der Waals surface area contributed by atoms with Gasteiger partial charge in [0, 0.05) is 25.6 Å². The van der Waals surface area contributed by atoms with Gasteiger partial charge in [-0.25, -0.2) is 9.59 Å². The summed E-state index contributed by atoms with van der Waals surface area (Å²) in [6, 6.07) is 10.3. The number of ether oxygens (including phenoxy) is 1. The summed E-state index contributed by atoms with van der Waals surface area (Å²) in [5.41, 5.74) is 2.01. The Morgan fingerprint density at radius 3 is 2.11 bits per heavy atom. The Morgan fingerprint density at radius 1 is 1.00 bits per heavy atom. The average Bonchev–Trinajstić information content (AvgIpc) is 3.49. The molecule has 0 aromatic heterocycles. The zero-order chi connectivity index (χ0) is 28.5. The van der Waals surface area contributed by atoms with Crippen LogP contribution in [-0.4, -0.2) is 89.7 Å². The van der Waals surface area contributed by atoms with Gasteiger partial charge in [-0.15, -0.1) is 0 Å². The Hall–Kier alpha value is -2.89. The number of piperidine rings is 1. The molecule has 1 aromatic carbocycles. The summed E-state index contributed by atoms with van der Waals surface area (Å²) in [6.45, 7) is 7.83. The number of halogens is 6. The third kappa shape index (κ3) is 10.1. The lowest BCUT2D eigenvalue weighted by Crippen LogP contribution is -2.44. The van der Waals surface area contributed by atoms with E-state index in [9.17, 15) is 26.3 Å². The number of carbonyl (C=O) groups is 2. The van der Waals surface area contributed by atoms with Crippen molar-refractivity contribution in [1.29, 1.82) is 5.26 Å². The monoisotopic (exact) mass is 553 g/mol. The molecule has 0 radical (unpaired) electrons. The zero-order valence-corrected chi connectivity index (χ0v) is 20.3. The summed E-state index contributed by atoms with van der Waals surface area (Å²) in [6.07, 6.45) is -5.80. The Morgan fingerprint density at radius 2 is 1.58 bits per heavy atom. The number of nitriles is 1. The third-order valence-electron chi connectivity index (χ3n) is 6.48. The number of likely N-dealkylation sites (tertiary alicyclic amines) is 2. The number of hydrogen-bond donors (Lipinski definition) is 2. The van der Waals surface area contributed by atoms with Gasteiger partial charge in [-0.3, -0.25) is 4.90 Å². The molecule has 3 heterocycles. The highest BCUT2D eigenvalue weighted by Crippen LogP contribution is 2.35. The number of nitrogens with zero attached hydrogens (tertiary/aromatic N) is 3. The van der Waals surface area contributed by atoms with Crippen molar-refractivity contribution in [3.05, 3.63) is 35.4 Å². The van der Waals surface area contributed by atoms with Crippen LogP contribution in [0.1, 0.15) is 30.4 Å². The molecular weight excluding hydrogens is 524 g/mol. The molecular formula is C24H29F6N3O5. The number of benzene rings is 1. The van der Waals surface area contributed by atoms with Gasteiger partial charge in [-0.2, -0.15) is 31.6 Å². The molecule has 8 nitrogen and oxygen atoms in total. The number of alkyl halides is 6. The van der Waals surface area contributed by atoms with Crippen LogP contribution in [0, 0.1) is 23.2 Å². The van der Waals surface area contributed by atoms with E-state index in [1.807, 2.05) is 18.2 Å². The van der Waals surface area contributed by atoms with Crippen molar-refractivity contribution in [2.24, 2.45) is 11.8 Å². The number of aliphatic carboxylic acids is 2. The summed E-state index contributed by atoms with van der Waals surface area (Å²) < 4.78 is 69.7. The minimum Gasteiger partial charge on any atom is -0.475 e. The molecule has 0 aliphatic carbocycles. The molecule has 2 N–H and O–H groups in total. The molecule has 3 atom stereocenters. The molecule has 3 saturated heterocycles. The minimum absolute atomic E-state index is 0.418. The van der Waals surface area contributed by atoms with Crippen LogP contribution in [0.5, 0.6) is 0 Å². The van der Waals surface area contributed by atoms with E-state index in [0.717, 1.165) is 44.3 Å². The summed E-state index contributed by atoms with van der Waals surface area (Å²) in [7, 11) is 0. The molecule has 4 rings (SSSR count). The Bertz CT molecular complexity index is 952. The number of carboxylic acids is 2. The molecule has 38 heavy (non-hydrogen) atoms. The summed E-state index contributed by atoms with van der Waals surface area (Å²) >= 11 is 0. The van der Waals surface area contributed by atoms with Crippen LogP contribution in [0.2, 0.25) is 0 Å². The fourth-order valence-electron chi connectivity index (χ4n) is 4.65. The van der Waals surface area contributed by atoms with Crippen LogP contribution < -0.4 is 0 Å². The number of carboxylic acid groups (broad SMARTS) is 2. The standard InChI is InChI=1S/C20H27N3O.2C2HF3O2/c21-11-16-4-3-5-17(10-16)12-23-9-6-18-15-24-20(19(18)13-23)14-22-7-1-2-8-22;2*3-2(4,5)1(6)7/h3-5,10,18-20H,1-2,6-9,12-15H2;2*(H,6,7)/t18-,19-,20+;;/m1../s1. The summed E-state index contributed by atoms with van der Waals surface area (Å²) in [5, 5.41) is 23.3. The maximum absolute atomic E-state index is 10.6. The van der Waals surface area contributed by atoms with Gasteiger partial charge >= 0.3 is 24.3 Å². The van der Waals surface area contributed by atoms with Crippen LogP contribution in [0.3, 0.4) is 0 Å². The Labute approximate surface area is 215 Å². The predicted octanol–water partition coefficient (Wildman–Crippen LogP) is 3.76. The van der Waals surface area contributed by atoms with Crippen molar-refractivity contribution in [2.45, 2.75) is 44.3 Å². The lowest BCUT2D eigenvalue weighted by Gasteiger charge is -2.36. The molecule has 0 amide bonds. The highest BCUT2D eigenvalue weighted by molar-refractivity contribution is 5.73. The SMILES string of the molecule is N#Cc1cccc(CN2CC[C@@H]3CO[C@@H](CN4CCCC4)[C@@H]3C2)c1.O=C(O)C(F)(F)F.O=C(O)C(F)(F)F. The number of hydrogen-bond acceptors (Lipinski definition) is 6. The summed E-state index contributed by atoms with van der Waals surface area (Å²) in [5.74, 6) is -4.09. The summed E-state index contributed by atoms with van der Waals surface area (Å²) in [4.78, 5) is 22.9. The van der Waals surface area contributed by atoms with Crippen LogP contribution in [-0.2, 0) is 20.9 Å². The first-order valence-electron chi connectivity index (χ1n) is 11.9. The van der Waals surface area contributed by atoms with E-state index in [1.165, 1.54) is 37.9 Å². The van der Waals surface area contributed by atoms with Crippen LogP contribution in [0.4, 0.5) is 26.3 Å². The number of fused-ring (bicyclic) bond motifs is 1. The van der Waals surface area contributed by atoms with E-state index in [0.29, 0.717) is 12.0 Å². The average molecular weight is 554 g/mol. The van der Waals surface area contributed by atoms with E-state index >= 15 is 0 Å². The topological polar surface area (TPSA) is 114 Å². The molecule has 3 aliphatic heterocycles. The minimum atomic E-state index is -5.08. The van der Waals surface area contributed by atoms with Crippen LogP contribution >= 0.6 is 0 Å². The van der Waals surface area contributed by atoms with Gasteiger partial charge in [0.1, 0.15) is 0 Å². The Kier molecular flexibility index (Phi) is 11.4. The third-order valence-corrected chi connectivity index (χ3v) is 6.48. The molecule has 1 aromatic rings. The van der Waals surface area contributed by atoms with Crippen molar-refractivity contribution in [1.82, 2.24) is 9.80 Å². The lowest BCUT2D eigenvalue weighted by molar-refractivity contribution is -0.193. The van der Waals surface area contributed by atoms with Gasteiger partial charge in [-0.1, -0.05) is 12.1 Å². The van der Waals surface area contributed by atoms with Gasteiger partial charge in [0.25, 0.3) is 0 Å². The highest BCUT2D eigenvalue weighted by atomic mass is 19.4. The van der Waals surface area contributed by atoms with Gasteiger partial charge < -0.3 is 19.8 Å². The van der Waals surface area contributed by atoms with Crippen LogP contribution in [0.15, 0.2) is 24.3 Å². The van der Waals surface area contributed by atoms with Crippen molar-refractivity contribution in [2.75, 3.05) is 39.3 Å². The molecule has 3 fully saturated rings. The van der Waals surface area contributed by atoms with Gasteiger partial charge in [0.2, 0.25) is 0 Å². The van der Waals surface area contributed by atoms with E-state index < -0.39 is 24.3 Å². The van der Waals surface area contributed by atoms with E-state index in [1.54, 1.807) is 0 Å². The van der Waals surface area contributed by atoms with Crippen molar-refractivity contribution in [3.8, 4) is 6.07 Å². The maximum atomic E-state index is 10.6. The van der Waals surface area contributed by atoms with Gasteiger partial charge in [-0.05, 0) is 62.5 Å². The molecule has 0 spiro atoms. The second kappa shape index (κ2) is 13.8. The molecule has 0 unspecified atom stereocenters. The number of rotatable bonds is 4. The maximum Gasteiger partial charge on any atom is 0.490 e. The van der Waals surface area contributed by atoms with Gasteiger partial charge in [0.05, 0.1) is 24.3 Å². The van der Waals surface area contributed by atoms with Gasteiger partial charge in [0.15, 0.2) is 0 Å². The highest BCUT2D eigenvalue weighted by Gasteiger charge is 2.42. The lowest BCUT2D eigenvalue weighted by atomic mass is 9.84. The van der Waals surface area contributed by atoms with E-state index in [4.69, 9.17) is 29.8 Å². The Balaban J connectivity index is 0.000000301. The molecule has 3 aliphatic rings. The zero-order valence-electron chi connectivity index (χ0n) is 20.3. The van der Waals surface area contributed by atoms with E-state index in [-0.39, 0.29) is 0 Å². The van der Waals surface area contributed by atoms with Crippen molar-refractivity contribution >= 4 is 11.9 Å². The molecule has 14 heteroatoms. The quantitative estimate of drug-likeness (QED) is 0.542. The normalized spacial score (nSPS) is 23.8. The van der Waals surface area contributed by atoms with Crippen molar-refractivity contribution < 1.29 is 50.9 Å². The first-order valence-corrected chi connectivity index (χ1v) is 11.9. The van der Waals surface area contributed by atoms with Crippen LogP contribution in [0.25, 0.3) is 0 Å². The largest absolute Gasteiger partial charge is 0.490 e. The molecule has 0 bridgehead atoms. The second-order valence-corrected chi connectivity index (χ2v) is 9.25.